The highest BCUT2D eigenvalue weighted by molar-refractivity contribution is 5.71. The highest BCUT2D eigenvalue weighted by Crippen LogP contribution is 2.27. The largest absolute Gasteiger partial charge is 0.465 e. The zero-order valence-electron chi connectivity index (χ0n) is 36.7. The number of carbonyl (C=O) groups excluding carboxylic acids is 4. The van der Waals surface area contributed by atoms with E-state index >= 15 is 0 Å². The summed E-state index contributed by atoms with van der Waals surface area (Å²) in [5.41, 5.74) is -0.224. The molecule has 0 aromatic rings. The zero-order chi connectivity index (χ0) is 40.6. The van der Waals surface area contributed by atoms with E-state index in [9.17, 15) is 19.2 Å². The van der Waals surface area contributed by atoms with Crippen molar-refractivity contribution >= 4 is 23.9 Å². The lowest BCUT2D eigenvalue weighted by molar-refractivity contribution is -0.170. The van der Waals surface area contributed by atoms with Gasteiger partial charge in [-0.3, -0.25) is 19.2 Å². The molecule has 0 fully saturated rings. The zero-order valence-corrected chi connectivity index (χ0v) is 36.7. The monoisotopic (exact) mass is 753 g/mol. The molecule has 53 heavy (non-hydrogen) atoms. The Labute approximate surface area is 326 Å². The topological polar surface area (TPSA) is 105 Å². The Hall–Kier alpha value is -2.12. The number of hydrogen-bond donors (Lipinski definition) is 0. The van der Waals surface area contributed by atoms with Crippen molar-refractivity contribution in [3.63, 3.8) is 0 Å². The predicted octanol–water partition coefficient (Wildman–Crippen LogP) is 12.1. The molecule has 0 unspecified atom stereocenters. The third-order valence-electron chi connectivity index (χ3n) is 9.39. The van der Waals surface area contributed by atoms with Crippen LogP contribution in [0.2, 0.25) is 0 Å². The van der Waals surface area contributed by atoms with Crippen LogP contribution >= 0.6 is 0 Å². The summed E-state index contributed by atoms with van der Waals surface area (Å²) in [5, 5.41) is 0. The Balaban J connectivity index is 5.67. The molecule has 0 aliphatic rings. The maximum atomic E-state index is 12.9. The molecule has 0 radical (unpaired) electrons. The van der Waals surface area contributed by atoms with Crippen molar-refractivity contribution < 1.29 is 38.1 Å². The Morgan fingerprint density at radius 2 is 0.491 bits per heavy atom. The molecule has 0 N–H and O–H groups in total. The average Bonchev–Trinajstić information content (AvgIpc) is 3.01. The smallest absolute Gasteiger partial charge is 0.305 e. The summed E-state index contributed by atoms with van der Waals surface area (Å²) in [7, 11) is 0. The predicted molar refractivity (Wildman–Crippen MR) is 216 cm³/mol. The van der Waals surface area contributed by atoms with E-state index in [4.69, 9.17) is 18.9 Å². The van der Waals surface area contributed by atoms with Gasteiger partial charge < -0.3 is 18.9 Å². The summed E-state index contributed by atoms with van der Waals surface area (Å²) in [4.78, 5) is 51.8. The van der Waals surface area contributed by atoms with E-state index < -0.39 is 5.41 Å². The van der Waals surface area contributed by atoms with Crippen LogP contribution in [0.4, 0.5) is 0 Å². The first-order valence-electron chi connectivity index (χ1n) is 21.0. The molecule has 0 rings (SSSR count). The fourth-order valence-electron chi connectivity index (χ4n) is 5.88. The van der Waals surface area contributed by atoms with Crippen LogP contribution in [-0.2, 0) is 38.1 Å². The normalized spacial score (nSPS) is 12.8. The molecular formula is C45H84O8. The van der Waals surface area contributed by atoms with Gasteiger partial charge in [-0.25, -0.2) is 0 Å². The minimum Gasteiger partial charge on any atom is -0.465 e. The number of unbranched alkanes of at least 4 members (excludes halogenated alkanes) is 8. The molecule has 0 amide bonds. The third kappa shape index (κ3) is 34.1. The van der Waals surface area contributed by atoms with Crippen molar-refractivity contribution in [3.05, 3.63) is 0 Å². The van der Waals surface area contributed by atoms with Gasteiger partial charge in [0, 0.05) is 25.7 Å². The second kappa shape index (κ2) is 25.9. The van der Waals surface area contributed by atoms with Gasteiger partial charge >= 0.3 is 23.9 Å². The second-order valence-corrected chi connectivity index (χ2v) is 20.6. The molecule has 8 heteroatoms. The fourth-order valence-corrected chi connectivity index (χ4v) is 5.88. The number of carbonyl (C=O) groups is 4. The summed E-state index contributed by atoms with van der Waals surface area (Å²) >= 11 is 0. The van der Waals surface area contributed by atoms with Crippen molar-refractivity contribution in [2.45, 2.75) is 212 Å². The second-order valence-electron chi connectivity index (χ2n) is 20.6. The summed E-state index contributed by atoms with van der Waals surface area (Å²) < 4.78 is 23.1. The number of ether oxygens (including phenoxy) is 4. The lowest BCUT2D eigenvalue weighted by Gasteiger charge is -2.31. The van der Waals surface area contributed by atoms with Crippen LogP contribution in [0.1, 0.15) is 212 Å². The van der Waals surface area contributed by atoms with Crippen molar-refractivity contribution in [1.29, 1.82) is 0 Å². The molecule has 0 atom stereocenters. The molecule has 0 bridgehead atoms. The molecule has 0 saturated heterocycles. The average molecular weight is 753 g/mol. The maximum absolute atomic E-state index is 12.9. The van der Waals surface area contributed by atoms with E-state index in [1.54, 1.807) is 0 Å². The first-order valence-corrected chi connectivity index (χ1v) is 21.0. The van der Waals surface area contributed by atoms with Crippen LogP contribution in [-0.4, -0.2) is 50.3 Å². The molecule has 0 saturated carbocycles. The fraction of sp³-hybridized carbons (Fsp3) is 0.911. The van der Waals surface area contributed by atoms with Crippen molar-refractivity contribution in [2.75, 3.05) is 26.4 Å². The van der Waals surface area contributed by atoms with E-state index in [1.807, 2.05) is 0 Å². The molecule has 8 nitrogen and oxygen atoms in total. The standard InChI is InChI=1S/C45H84O8/c1-41(2,3)29-21-13-17-25-37(46)50-33-45(34-51-38(47)26-18-14-22-30-42(4,5)6,35-52-39(48)27-19-15-23-31-43(7,8)9)36-53-40(49)28-20-16-24-32-44(10,11)12/h13-36H2,1-12H3. The van der Waals surface area contributed by atoms with Crippen LogP contribution < -0.4 is 0 Å². The molecule has 0 aromatic heterocycles. The highest BCUT2D eigenvalue weighted by Gasteiger charge is 2.38. The van der Waals surface area contributed by atoms with Gasteiger partial charge in [-0.05, 0) is 73.0 Å². The molecule has 312 valence electrons. The van der Waals surface area contributed by atoms with Gasteiger partial charge in [0.1, 0.15) is 31.8 Å². The van der Waals surface area contributed by atoms with Crippen LogP contribution in [0.5, 0.6) is 0 Å². The van der Waals surface area contributed by atoms with Crippen molar-refractivity contribution in [3.8, 4) is 0 Å². The first-order chi connectivity index (χ1) is 24.4. The Morgan fingerprint density at radius 1 is 0.302 bits per heavy atom. The molecular weight excluding hydrogens is 668 g/mol. The lowest BCUT2D eigenvalue weighted by atomic mass is 9.89. The highest BCUT2D eigenvalue weighted by atomic mass is 16.6. The summed E-state index contributed by atoms with van der Waals surface area (Å²) in [5.74, 6) is -1.48. The van der Waals surface area contributed by atoms with Gasteiger partial charge in [-0.2, -0.15) is 0 Å². The quantitative estimate of drug-likeness (QED) is 0.0442. The minimum atomic E-state index is -1.21. The van der Waals surface area contributed by atoms with Crippen molar-refractivity contribution in [2.24, 2.45) is 27.1 Å². The SMILES string of the molecule is CC(C)(C)CCCCCC(=O)OCC(COC(=O)CCCCCC(C)(C)C)(COC(=O)CCCCCC(C)(C)C)COC(=O)CCCCCC(C)(C)C. The van der Waals surface area contributed by atoms with Gasteiger partial charge in [0.05, 0.1) is 0 Å². The lowest BCUT2D eigenvalue weighted by Crippen LogP contribution is -2.44. The summed E-state index contributed by atoms with van der Waals surface area (Å²) in [6.07, 6.45) is 16.0. The van der Waals surface area contributed by atoms with Gasteiger partial charge in [0.2, 0.25) is 0 Å². The van der Waals surface area contributed by atoms with Crippen LogP contribution in [0.15, 0.2) is 0 Å². The van der Waals surface area contributed by atoms with E-state index in [1.165, 1.54) is 0 Å². The molecule has 0 aromatic carbocycles. The first kappa shape index (κ1) is 50.9. The van der Waals surface area contributed by atoms with E-state index in [-0.39, 0.29) is 97.6 Å². The third-order valence-corrected chi connectivity index (χ3v) is 9.39. The molecule has 0 aliphatic carbocycles. The Morgan fingerprint density at radius 3 is 0.660 bits per heavy atom. The number of hydrogen-bond acceptors (Lipinski definition) is 8. The van der Waals surface area contributed by atoms with Gasteiger partial charge in [0.25, 0.3) is 0 Å². The van der Waals surface area contributed by atoms with E-state index in [2.05, 4.69) is 83.1 Å². The van der Waals surface area contributed by atoms with E-state index in [0.717, 1.165) is 77.0 Å². The Bertz CT molecular complexity index is 854. The van der Waals surface area contributed by atoms with E-state index in [0.29, 0.717) is 25.7 Å². The minimum absolute atomic E-state index is 0.190. The molecule has 0 aliphatic heterocycles. The summed E-state index contributed by atoms with van der Waals surface area (Å²) in [6, 6.07) is 0. The van der Waals surface area contributed by atoms with Crippen LogP contribution in [0.25, 0.3) is 0 Å². The molecule has 0 spiro atoms. The van der Waals surface area contributed by atoms with Crippen LogP contribution in [0.3, 0.4) is 0 Å². The summed E-state index contributed by atoms with van der Waals surface area (Å²) in [6.45, 7) is 25.7. The van der Waals surface area contributed by atoms with Gasteiger partial charge in [0.15, 0.2) is 0 Å². The van der Waals surface area contributed by atoms with Crippen molar-refractivity contribution in [1.82, 2.24) is 0 Å². The Kier molecular flexibility index (Phi) is 24.8. The maximum Gasteiger partial charge on any atom is 0.305 e. The van der Waals surface area contributed by atoms with Crippen LogP contribution in [0, 0.1) is 27.1 Å². The number of esters is 4. The van der Waals surface area contributed by atoms with Gasteiger partial charge in [-0.15, -0.1) is 0 Å². The van der Waals surface area contributed by atoms with Gasteiger partial charge in [-0.1, -0.05) is 134 Å². The number of rotatable bonds is 28. The molecule has 0 heterocycles.